The van der Waals surface area contributed by atoms with Crippen LogP contribution in [0.1, 0.15) is 30.4 Å². The molecule has 0 bridgehead atoms. The molecule has 100 valence electrons. The van der Waals surface area contributed by atoms with Gasteiger partial charge in [0.25, 0.3) is 0 Å². The molecular weight excluding hydrogens is 355 g/mol. The molecule has 20 heavy (non-hydrogen) atoms. The minimum atomic E-state index is 0.922. The molecular formula is C19H17I. The second-order valence-electron chi connectivity index (χ2n) is 4.70. The largest absolute Gasteiger partial charge is 0.115 e. The van der Waals surface area contributed by atoms with E-state index in [4.69, 9.17) is 6.42 Å². The van der Waals surface area contributed by atoms with Crippen LogP contribution in [0.2, 0.25) is 0 Å². The van der Waals surface area contributed by atoms with Crippen LogP contribution in [0.3, 0.4) is 0 Å². The van der Waals surface area contributed by atoms with E-state index in [2.05, 4.69) is 63.5 Å². The molecule has 1 heteroatoms. The summed E-state index contributed by atoms with van der Waals surface area (Å²) in [6, 6.07) is 8.25. The van der Waals surface area contributed by atoms with Crippen molar-refractivity contribution in [2.75, 3.05) is 0 Å². The average Bonchev–Trinajstić information content (AvgIpc) is 2.48. The zero-order valence-electron chi connectivity index (χ0n) is 11.4. The lowest BCUT2D eigenvalue weighted by atomic mass is 9.83. The van der Waals surface area contributed by atoms with E-state index in [1.165, 1.54) is 28.7 Å². The number of rotatable bonds is 3. The molecule has 1 aliphatic rings. The van der Waals surface area contributed by atoms with E-state index in [9.17, 15) is 0 Å². The Morgan fingerprint density at radius 2 is 1.95 bits per heavy atom. The summed E-state index contributed by atoms with van der Waals surface area (Å²) >= 11 is 2.28. The van der Waals surface area contributed by atoms with Gasteiger partial charge in [-0.25, -0.2) is 0 Å². The molecule has 0 aliphatic heterocycles. The van der Waals surface area contributed by atoms with Crippen molar-refractivity contribution < 1.29 is 0 Å². The van der Waals surface area contributed by atoms with Crippen molar-refractivity contribution in [1.29, 1.82) is 0 Å². The maximum absolute atomic E-state index is 5.43. The minimum absolute atomic E-state index is 0.922. The molecule has 0 radical (unpaired) electrons. The predicted molar refractivity (Wildman–Crippen MR) is 96.6 cm³/mol. The molecule has 0 heterocycles. The molecule has 0 unspecified atom stereocenters. The molecule has 0 spiro atoms. The Kier molecular flexibility index (Phi) is 5.43. The minimum Gasteiger partial charge on any atom is -0.115 e. The smallest absolute Gasteiger partial charge is 0.0243 e. The van der Waals surface area contributed by atoms with Gasteiger partial charge in [-0.05, 0) is 57.8 Å². The first-order chi connectivity index (χ1) is 9.80. The SMILES string of the molecule is C#Cc1ccc(C2=C(/C=C/I)CCC/C2=C\C=C)cc1. The van der Waals surface area contributed by atoms with Crippen LogP contribution in [0.5, 0.6) is 0 Å². The third-order valence-corrected chi connectivity index (χ3v) is 3.82. The highest BCUT2D eigenvalue weighted by molar-refractivity contribution is 14.1. The van der Waals surface area contributed by atoms with Crippen LogP contribution in [0.4, 0.5) is 0 Å². The summed E-state index contributed by atoms with van der Waals surface area (Å²) in [4.78, 5) is 0. The van der Waals surface area contributed by atoms with Crippen molar-refractivity contribution >= 4 is 28.2 Å². The maximum atomic E-state index is 5.43. The Bertz CT molecular complexity index is 619. The van der Waals surface area contributed by atoms with Crippen LogP contribution in [-0.2, 0) is 0 Å². The van der Waals surface area contributed by atoms with E-state index < -0.39 is 0 Å². The topological polar surface area (TPSA) is 0 Å². The second kappa shape index (κ2) is 7.31. The normalized spacial score (nSPS) is 17.5. The van der Waals surface area contributed by atoms with Crippen molar-refractivity contribution in [3.8, 4) is 12.3 Å². The van der Waals surface area contributed by atoms with Gasteiger partial charge in [0.15, 0.2) is 0 Å². The Hall–Kier alpha value is -1.53. The molecule has 0 atom stereocenters. The van der Waals surface area contributed by atoms with Gasteiger partial charge in [0.05, 0.1) is 0 Å². The van der Waals surface area contributed by atoms with Crippen LogP contribution < -0.4 is 0 Å². The molecule has 1 aliphatic carbocycles. The van der Waals surface area contributed by atoms with E-state index in [1.807, 2.05) is 18.2 Å². The van der Waals surface area contributed by atoms with Crippen molar-refractivity contribution in [3.05, 3.63) is 75.4 Å². The lowest BCUT2D eigenvalue weighted by molar-refractivity contribution is 0.806. The number of terminal acetylenes is 1. The molecule has 1 aromatic carbocycles. The second-order valence-corrected chi connectivity index (χ2v) is 5.41. The highest BCUT2D eigenvalue weighted by atomic mass is 127. The summed E-state index contributed by atoms with van der Waals surface area (Å²) in [5.74, 6) is 2.67. The molecule has 0 nitrogen and oxygen atoms in total. The Balaban J connectivity index is 2.56. The van der Waals surface area contributed by atoms with Gasteiger partial charge in [-0.15, -0.1) is 6.42 Å². The lowest BCUT2D eigenvalue weighted by Crippen LogP contribution is -2.01. The zero-order chi connectivity index (χ0) is 14.4. The molecule has 0 fully saturated rings. The van der Waals surface area contributed by atoms with Crippen LogP contribution in [0, 0.1) is 12.3 Å². The van der Waals surface area contributed by atoms with E-state index in [0.717, 1.165) is 18.4 Å². The van der Waals surface area contributed by atoms with Gasteiger partial charge < -0.3 is 0 Å². The van der Waals surface area contributed by atoms with Gasteiger partial charge in [0.2, 0.25) is 0 Å². The van der Waals surface area contributed by atoms with Gasteiger partial charge in [-0.2, -0.15) is 0 Å². The lowest BCUT2D eigenvalue weighted by Gasteiger charge is -2.22. The first kappa shape index (κ1) is 14.9. The molecule has 0 saturated heterocycles. The van der Waals surface area contributed by atoms with Crippen molar-refractivity contribution in [3.63, 3.8) is 0 Å². The zero-order valence-corrected chi connectivity index (χ0v) is 13.6. The summed E-state index contributed by atoms with van der Waals surface area (Å²) in [5, 5.41) is 0. The van der Waals surface area contributed by atoms with Crippen molar-refractivity contribution in [1.82, 2.24) is 0 Å². The van der Waals surface area contributed by atoms with Crippen molar-refractivity contribution in [2.45, 2.75) is 19.3 Å². The van der Waals surface area contributed by atoms with Gasteiger partial charge >= 0.3 is 0 Å². The summed E-state index contributed by atoms with van der Waals surface area (Å²) in [7, 11) is 0. The van der Waals surface area contributed by atoms with Crippen molar-refractivity contribution in [2.24, 2.45) is 0 Å². The molecule has 0 saturated carbocycles. The van der Waals surface area contributed by atoms with E-state index in [1.54, 1.807) is 0 Å². The number of allylic oxidation sites excluding steroid dienone is 6. The summed E-state index contributed by atoms with van der Waals surface area (Å²) in [6.45, 7) is 3.84. The molecule has 0 aromatic heterocycles. The number of hydrogen-bond acceptors (Lipinski definition) is 0. The first-order valence-electron chi connectivity index (χ1n) is 6.69. The van der Waals surface area contributed by atoms with Crippen LogP contribution >= 0.6 is 22.6 Å². The third kappa shape index (κ3) is 3.32. The van der Waals surface area contributed by atoms with Crippen LogP contribution in [-0.4, -0.2) is 0 Å². The Morgan fingerprint density at radius 1 is 1.20 bits per heavy atom. The fourth-order valence-corrected chi connectivity index (χ4v) is 3.02. The van der Waals surface area contributed by atoms with E-state index >= 15 is 0 Å². The van der Waals surface area contributed by atoms with Gasteiger partial charge in [-0.3, -0.25) is 0 Å². The third-order valence-electron chi connectivity index (χ3n) is 3.46. The highest BCUT2D eigenvalue weighted by Crippen LogP contribution is 2.37. The summed E-state index contributed by atoms with van der Waals surface area (Å²) < 4.78 is 2.08. The molecule has 0 amide bonds. The highest BCUT2D eigenvalue weighted by Gasteiger charge is 2.17. The Morgan fingerprint density at radius 3 is 2.55 bits per heavy atom. The fourth-order valence-electron chi connectivity index (χ4n) is 2.58. The molecule has 1 aromatic rings. The van der Waals surface area contributed by atoms with Gasteiger partial charge in [0, 0.05) is 5.56 Å². The van der Waals surface area contributed by atoms with E-state index in [-0.39, 0.29) is 0 Å². The fraction of sp³-hybridized carbons (Fsp3) is 0.158. The standard InChI is InChI=1S/C19H17I/c1-3-6-16-7-5-8-17(13-14-20)19(16)18-11-9-15(4-2)10-12-18/h2-3,6,9-14H,1,5,7-8H2/b14-13+,16-6+. The monoisotopic (exact) mass is 372 g/mol. The quantitative estimate of drug-likeness (QED) is 0.474. The number of hydrogen-bond donors (Lipinski definition) is 0. The number of halogens is 1. The first-order valence-corrected chi connectivity index (χ1v) is 7.93. The summed E-state index contributed by atoms with van der Waals surface area (Å²) in [5.41, 5.74) is 6.26. The van der Waals surface area contributed by atoms with Crippen LogP contribution in [0.15, 0.2) is 64.3 Å². The molecule has 2 rings (SSSR count). The maximum Gasteiger partial charge on any atom is 0.0243 e. The average molecular weight is 372 g/mol. The Labute approximate surface area is 135 Å². The van der Waals surface area contributed by atoms with Gasteiger partial charge in [-0.1, -0.05) is 65.5 Å². The van der Waals surface area contributed by atoms with Crippen LogP contribution in [0.25, 0.3) is 5.57 Å². The molecule has 0 N–H and O–H groups in total. The predicted octanol–water partition coefficient (Wildman–Crippen LogP) is 5.67. The number of benzene rings is 1. The van der Waals surface area contributed by atoms with E-state index in [0.29, 0.717) is 0 Å². The summed E-state index contributed by atoms with van der Waals surface area (Å²) in [6.07, 6.45) is 15.1. The van der Waals surface area contributed by atoms with Gasteiger partial charge in [0.1, 0.15) is 0 Å².